The van der Waals surface area contributed by atoms with Crippen LogP contribution in [0.1, 0.15) is 6.92 Å². The van der Waals surface area contributed by atoms with Crippen LogP contribution in [0.15, 0.2) is 45.3 Å². The van der Waals surface area contributed by atoms with E-state index < -0.39 is 17.9 Å². The lowest BCUT2D eigenvalue weighted by Gasteiger charge is -2.16. The van der Waals surface area contributed by atoms with E-state index in [0.29, 0.717) is 26.0 Å². The van der Waals surface area contributed by atoms with Gasteiger partial charge in [-0.1, -0.05) is 39.1 Å². The lowest BCUT2D eigenvalue weighted by Crippen LogP contribution is -2.48. The minimum absolute atomic E-state index is 0.320. The highest BCUT2D eigenvalue weighted by Crippen LogP contribution is 2.29. The molecule has 0 aliphatic rings. The van der Waals surface area contributed by atoms with Gasteiger partial charge in [-0.15, -0.1) is 0 Å². The van der Waals surface area contributed by atoms with Crippen molar-refractivity contribution in [3.8, 4) is 11.5 Å². The summed E-state index contributed by atoms with van der Waals surface area (Å²) in [7, 11) is 0. The van der Waals surface area contributed by atoms with Crippen molar-refractivity contribution in [2.45, 2.75) is 13.0 Å². The molecule has 2 amide bonds. The summed E-state index contributed by atoms with van der Waals surface area (Å²) >= 11 is 18.4. The third-order valence-electron chi connectivity index (χ3n) is 3.14. The van der Waals surface area contributed by atoms with E-state index in [-0.39, 0.29) is 6.61 Å². The summed E-state index contributed by atoms with van der Waals surface area (Å²) in [4.78, 5) is 23.8. The zero-order valence-electron chi connectivity index (χ0n) is 13.9. The summed E-state index contributed by atoms with van der Waals surface area (Å²) in [6.45, 7) is 1.22. The first-order valence-corrected chi connectivity index (χ1v) is 9.88. The Kier molecular flexibility index (Phi) is 8.22. The zero-order chi connectivity index (χ0) is 20.0. The van der Waals surface area contributed by atoms with Crippen LogP contribution in [0.5, 0.6) is 11.5 Å². The minimum Gasteiger partial charge on any atom is -0.482 e. The normalized spacial score (nSPS) is 11.4. The van der Waals surface area contributed by atoms with Crippen molar-refractivity contribution in [3.05, 3.63) is 55.4 Å². The first kappa shape index (κ1) is 21.8. The fraction of sp³-hybridized carbons (Fsp3) is 0.176. The molecule has 0 spiro atoms. The molecule has 0 bridgehead atoms. The molecule has 27 heavy (non-hydrogen) atoms. The quantitative estimate of drug-likeness (QED) is 0.529. The Hall–Kier alpha value is -1.48. The summed E-state index contributed by atoms with van der Waals surface area (Å²) in [6.07, 6.45) is -0.857. The van der Waals surface area contributed by atoms with Crippen LogP contribution in [-0.2, 0) is 9.59 Å². The smallest absolute Gasteiger partial charge is 0.279 e. The number of benzene rings is 2. The molecule has 0 saturated carbocycles. The maximum atomic E-state index is 12.0. The molecule has 2 aromatic carbocycles. The molecule has 10 heteroatoms. The second kappa shape index (κ2) is 10.2. The van der Waals surface area contributed by atoms with E-state index in [9.17, 15) is 9.59 Å². The topological polar surface area (TPSA) is 76.7 Å². The van der Waals surface area contributed by atoms with Crippen molar-refractivity contribution in [2.75, 3.05) is 6.61 Å². The van der Waals surface area contributed by atoms with Crippen LogP contribution in [0, 0.1) is 0 Å². The molecule has 2 rings (SSSR count). The van der Waals surface area contributed by atoms with Gasteiger partial charge in [0.15, 0.2) is 12.7 Å². The van der Waals surface area contributed by atoms with Crippen LogP contribution in [-0.4, -0.2) is 24.5 Å². The average molecular weight is 541 g/mol. The maximum absolute atomic E-state index is 12.0. The van der Waals surface area contributed by atoms with Gasteiger partial charge in [0.25, 0.3) is 11.8 Å². The predicted octanol–water partition coefficient (Wildman–Crippen LogP) is 4.51. The monoisotopic (exact) mass is 538 g/mol. The molecule has 2 aromatic rings. The highest BCUT2D eigenvalue weighted by atomic mass is 79.9. The summed E-state index contributed by atoms with van der Waals surface area (Å²) in [5.41, 5.74) is 4.51. The van der Waals surface area contributed by atoms with Crippen molar-refractivity contribution < 1.29 is 19.1 Å². The fourth-order valence-corrected chi connectivity index (χ4v) is 3.32. The van der Waals surface area contributed by atoms with E-state index in [4.69, 9.17) is 32.7 Å². The summed E-state index contributed by atoms with van der Waals surface area (Å²) in [6, 6.07) is 9.91. The van der Waals surface area contributed by atoms with E-state index in [1.165, 1.54) is 0 Å². The number of hydrazine groups is 1. The number of amides is 2. The number of hydrogen-bond acceptors (Lipinski definition) is 4. The molecule has 0 heterocycles. The van der Waals surface area contributed by atoms with E-state index in [0.717, 1.165) is 4.47 Å². The minimum atomic E-state index is -0.857. The summed E-state index contributed by atoms with van der Waals surface area (Å²) in [5.74, 6) is -0.290. The SMILES string of the molecule is CC(Oc1ccc(Cl)cc1Br)C(=O)NNC(=O)COc1ccc(Br)cc1Cl. The van der Waals surface area contributed by atoms with Gasteiger partial charge in [0.2, 0.25) is 0 Å². The number of ether oxygens (including phenoxy) is 2. The number of carbonyl (C=O) groups is 2. The number of halogens is 4. The second-order valence-electron chi connectivity index (χ2n) is 5.24. The van der Waals surface area contributed by atoms with Gasteiger partial charge in [-0.2, -0.15) is 0 Å². The van der Waals surface area contributed by atoms with Crippen LogP contribution in [0.2, 0.25) is 10.0 Å². The highest BCUT2D eigenvalue weighted by molar-refractivity contribution is 9.10. The van der Waals surface area contributed by atoms with Gasteiger partial charge in [0.05, 0.1) is 9.50 Å². The Morgan fingerprint density at radius 1 is 1.07 bits per heavy atom. The Bertz CT molecular complexity index is 852. The van der Waals surface area contributed by atoms with Crippen molar-refractivity contribution in [3.63, 3.8) is 0 Å². The zero-order valence-corrected chi connectivity index (χ0v) is 18.6. The van der Waals surface area contributed by atoms with Crippen molar-refractivity contribution in [1.82, 2.24) is 10.9 Å². The molecule has 1 atom stereocenters. The molecule has 0 aromatic heterocycles. The maximum Gasteiger partial charge on any atom is 0.279 e. The van der Waals surface area contributed by atoms with Crippen LogP contribution in [0.4, 0.5) is 0 Å². The Balaban J connectivity index is 1.79. The first-order chi connectivity index (χ1) is 12.8. The van der Waals surface area contributed by atoms with Crippen LogP contribution < -0.4 is 20.3 Å². The van der Waals surface area contributed by atoms with E-state index >= 15 is 0 Å². The molecule has 0 saturated heterocycles. The molecule has 144 valence electrons. The van der Waals surface area contributed by atoms with Crippen molar-refractivity contribution in [1.29, 1.82) is 0 Å². The molecule has 6 nitrogen and oxygen atoms in total. The lowest BCUT2D eigenvalue weighted by molar-refractivity contribution is -0.133. The largest absolute Gasteiger partial charge is 0.482 e. The first-order valence-electron chi connectivity index (χ1n) is 7.54. The van der Waals surface area contributed by atoms with Crippen LogP contribution in [0.25, 0.3) is 0 Å². The molecular weight excluding hydrogens is 527 g/mol. The van der Waals surface area contributed by atoms with Gasteiger partial charge in [0.1, 0.15) is 11.5 Å². The molecular formula is C17H14Br2Cl2N2O4. The van der Waals surface area contributed by atoms with Crippen molar-refractivity contribution in [2.24, 2.45) is 0 Å². The lowest BCUT2D eigenvalue weighted by atomic mass is 10.3. The Labute approximate surface area is 182 Å². The van der Waals surface area contributed by atoms with Crippen molar-refractivity contribution >= 4 is 66.9 Å². The predicted molar refractivity (Wildman–Crippen MR) is 110 cm³/mol. The van der Waals surface area contributed by atoms with Gasteiger partial charge in [0, 0.05) is 9.50 Å². The van der Waals surface area contributed by atoms with E-state index in [1.54, 1.807) is 43.3 Å². The average Bonchev–Trinajstić information content (AvgIpc) is 2.61. The van der Waals surface area contributed by atoms with Gasteiger partial charge >= 0.3 is 0 Å². The van der Waals surface area contributed by atoms with Gasteiger partial charge < -0.3 is 9.47 Å². The molecule has 1 unspecified atom stereocenters. The molecule has 0 radical (unpaired) electrons. The third kappa shape index (κ3) is 6.88. The molecule has 0 aliphatic heterocycles. The molecule has 0 aliphatic carbocycles. The molecule has 2 N–H and O–H groups in total. The standard InChI is InChI=1S/C17H14Br2Cl2N2O4/c1-9(27-14-5-3-11(20)7-12(14)19)17(25)23-22-16(24)8-26-15-4-2-10(18)6-13(15)21/h2-7,9H,8H2,1H3,(H,22,24)(H,23,25). The summed E-state index contributed by atoms with van der Waals surface area (Å²) < 4.78 is 12.2. The number of rotatable bonds is 6. The Morgan fingerprint density at radius 3 is 2.44 bits per heavy atom. The van der Waals surface area contributed by atoms with Gasteiger partial charge in [-0.25, -0.2) is 0 Å². The van der Waals surface area contributed by atoms with E-state index in [2.05, 4.69) is 42.7 Å². The second-order valence-corrected chi connectivity index (χ2v) is 7.85. The van der Waals surface area contributed by atoms with Crippen LogP contribution in [0.3, 0.4) is 0 Å². The fourth-order valence-electron chi connectivity index (χ4n) is 1.82. The number of hydrogen-bond donors (Lipinski definition) is 2. The number of carbonyl (C=O) groups excluding carboxylic acids is 2. The number of nitrogens with one attached hydrogen (secondary N) is 2. The summed E-state index contributed by atoms with van der Waals surface area (Å²) in [5, 5.41) is 0.890. The highest BCUT2D eigenvalue weighted by Gasteiger charge is 2.17. The van der Waals surface area contributed by atoms with Crippen LogP contribution >= 0.6 is 55.1 Å². The van der Waals surface area contributed by atoms with Gasteiger partial charge in [-0.3, -0.25) is 20.4 Å². The van der Waals surface area contributed by atoms with Gasteiger partial charge in [-0.05, 0) is 59.3 Å². The van der Waals surface area contributed by atoms with E-state index in [1.807, 2.05) is 0 Å². The third-order valence-corrected chi connectivity index (χ3v) is 4.79. The Morgan fingerprint density at radius 2 is 1.78 bits per heavy atom. The molecule has 0 fully saturated rings.